The largest absolute Gasteiger partial charge is 0.573 e. The highest BCUT2D eigenvalue weighted by molar-refractivity contribution is 5.57. The highest BCUT2D eigenvalue weighted by atomic mass is 19.4. The average Bonchev–Trinajstić information content (AvgIpc) is 2.62. The predicted molar refractivity (Wildman–Crippen MR) is 95.2 cm³/mol. The molecule has 3 rings (SSSR count). The van der Waals surface area contributed by atoms with Crippen LogP contribution in [0, 0.1) is 6.92 Å². The lowest BCUT2D eigenvalue weighted by molar-refractivity contribution is -0.274. The van der Waals surface area contributed by atoms with Gasteiger partial charge in [0.2, 0.25) is 0 Å². The van der Waals surface area contributed by atoms with Gasteiger partial charge in [-0.3, -0.25) is 4.98 Å². The second-order valence-corrected chi connectivity index (χ2v) is 5.94. The molecule has 0 spiro atoms. The maximum absolute atomic E-state index is 12.6. The number of rotatable bonds is 5. The van der Waals surface area contributed by atoms with E-state index in [0.29, 0.717) is 17.2 Å². The van der Waals surface area contributed by atoms with Crippen molar-refractivity contribution in [2.45, 2.75) is 19.8 Å². The van der Waals surface area contributed by atoms with Gasteiger partial charge in [-0.15, -0.1) is 13.2 Å². The summed E-state index contributed by atoms with van der Waals surface area (Å²) >= 11 is 0. The molecule has 27 heavy (non-hydrogen) atoms. The number of halogens is 3. The lowest BCUT2D eigenvalue weighted by Gasteiger charge is -2.21. The van der Waals surface area contributed by atoms with Crippen LogP contribution in [0.25, 0.3) is 11.4 Å². The van der Waals surface area contributed by atoms with E-state index < -0.39 is 6.36 Å². The Hall–Kier alpha value is -3.16. The molecular weight excluding hydrogens is 357 g/mol. The van der Waals surface area contributed by atoms with Crippen molar-refractivity contribution in [3.63, 3.8) is 0 Å². The van der Waals surface area contributed by atoms with E-state index >= 15 is 0 Å². The summed E-state index contributed by atoms with van der Waals surface area (Å²) in [6, 6.07) is 11.4. The first kappa shape index (κ1) is 18.6. The number of alkyl halides is 3. The number of ether oxygens (including phenoxy) is 1. The number of hydrogen-bond donors (Lipinski definition) is 0. The Balaban J connectivity index is 1.87. The summed E-state index contributed by atoms with van der Waals surface area (Å²) in [6.07, 6.45) is -1.45. The molecule has 3 aromatic rings. The van der Waals surface area contributed by atoms with Crippen molar-refractivity contribution in [1.29, 1.82) is 0 Å². The van der Waals surface area contributed by atoms with Crippen LogP contribution in [-0.2, 0) is 6.54 Å². The molecule has 0 unspecified atom stereocenters. The van der Waals surface area contributed by atoms with Crippen LogP contribution in [0.5, 0.6) is 5.75 Å². The number of nitrogens with zero attached hydrogens (tertiary/aromatic N) is 4. The minimum atomic E-state index is -4.74. The molecule has 2 heterocycles. The second-order valence-electron chi connectivity index (χ2n) is 5.94. The van der Waals surface area contributed by atoms with Gasteiger partial charge in [0.15, 0.2) is 5.82 Å². The monoisotopic (exact) mass is 374 g/mol. The predicted octanol–water partition coefficient (Wildman–Crippen LogP) is 4.38. The first-order valence-corrected chi connectivity index (χ1v) is 8.13. The molecule has 140 valence electrons. The lowest BCUT2D eigenvalue weighted by Crippen LogP contribution is -2.22. The number of para-hydroxylation sites is 1. The molecule has 8 heteroatoms. The molecule has 0 aliphatic carbocycles. The minimum absolute atomic E-state index is 0.193. The molecular formula is C19H17F3N4O. The van der Waals surface area contributed by atoms with E-state index in [-0.39, 0.29) is 12.3 Å². The second kappa shape index (κ2) is 7.61. The zero-order valence-electron chi connectivity index (χ0n) is 14.7. The van der Waals surface area contributed by atoms with Crippen LogP contribution in [0.1, 0.15) is 11.3 Å². The molecule has 0 amide bonds. The number of aryl methyl sites for hydroxylation is 1. The van der Waals surface area contributed by atoms with Crippen LogP contribution in [0.15, 0.2) is 54.9 Å². The summed E-state index contributed by atoms with van der Waals surface area (Å²) in [7, 11) is 1.75. The highest BCUT2D eigenvalue weighted by Crippen LogP contribution is 2.28. The topological polar surface area (TPSA) is 51.1 Å². The van der Waals surface area contributed by atoms with Crippen molar-refractivity contribution >= 4 is 5.82 Å². The summed E-state index contributed by atoms with van der Waals surface area (Å²) in [5, 5.41) is 0. The van der Waals surface area contributed by atoms with E-state index in [2.05, 4.69) is 19.7 Å². The normalized spacial score (nSPS) is 11.3. The fourth-order valence-corrected chi connectivity index (χ4v) is 2.57. The first-order chi connectivity index (χ1) is 12.8. The molecule has 0 N–H and O–H groups in total. The molecule has 0 fully saturated rings. The number of pyridine rings is 1. The SMILES string of the molecule is Cc1cc(N(C)Cc2ccccc2OC(F)(F)F)nc(-c2ccncc2)n1. The van der Waals surface area contributed by atoms with Gasteiger partial charge in [-0.05, 0) is 25.1 Å². The summed E-state index contributed by atoms with van der Waals surface area (Å²) in [4.78, 5) is 14.7. The van der Waals surface area contributed by atoms with Crippen molar-refractivity contribution in [2.24, 2.45) is 0 Å². The van der Waals surface area contributed by atoms with Crippen LogP contribution in [0.4, 0.5) is 19.0 Å². The third kappa shape index (κ3) is 4.93. The third-order valence-corrected chi connectivity index (χ3v) is 3.78. The van der Waals surface area contributed by atoms with E-state index in [0.717, 1.165) is 11.3 Å². The molecule has 0 radical (unpaired) electrons. The van der Waals surface area contributed by atoms with Gasteiger partial charge in [0, 0.05) is 48.9 Å². The van der Waals surface area contributed by atoms with Crippen LogP contribution >= 0.6 is 0 Å². The van der Waals surface area contributed by atoms with E-state index in [1.807, 2.05) is 6.92 Å². The summed E-state index contributed by atoms with van der Waals surface area (Å²) in [6.45, 7) is 2.03. The van der Waals surface area contributed by atoms with Gasteiger partial charge in [-0.2, -0.15) is 0 Å². The molecule has 0 aliphatic rings. The van der Waals surface area contributed by atoms with E-state index in [4.69, 9.17) is 0 Å². The highest BCUT2D eigenvalue weighted by Gasteiger charge is 2.32. The fourth-order valence-electron chi connectivity index (χ4n) is 2.57. The lowest BCUT2D eigenvalue weighted by atomic mass is 10.2. The third-order valence-electron chi connectivity index (χ3n) is 3.78. The Labute approximate surface area is 154 Å². The standard InChI is InChI=1S/C19H17F3N4O/c1-13-11-17(25-18(24-13)14-7-9-23-10-8-14)26(2)12-15-5-3-4-6-16(15)27-19(20,21)22/h3-11H,12H2,1-2H3. The summed E-state index contributed by atoms with van der Waals surface area (Å²) in [5.41, 5.74) is 1.96. The fraction of sp³-hybridized carbons (Fsp3) is 0.211. The van der Waals surface area contributed by atoms with Crippen molar-refractivity contribution in [2.75, 3.05) is 11.9 Å². The summed E-state index contributed by atoms with van der Waals surface area (Å²) in [5.74, 6) is 0.896. The van der Waals surface area contributed by atoms with Crippen molar-refractivity contribution in [1.82, 2.24) is 15.0 Å². The molecule has 0 saturated carbocycles. The van der Waals surface area contributed by atoms with Gasteiger partial charge in [0.25, 0.3) is 0 Å². The van der Waals surface area contributed by atoms with Crippen molar-refractivity contribution < 1.29 is 17.9 Å². The minimum Gasteiger partial charge on any atom is -0.405 e. The molecule has 0 bridgehead atoms. The van der Waals surface area contributed by atoms with Crippen LogP contribution in [0.3, 0.4) is 0 Å². The number of aromatic nitrogens is 3. The average molecular weight is 374 g/mol. The smallest absolute Gasteiger partial charge is 0.405 e. The van der Waals surface area contributed by atoms with Gasteiger partial charge in [-0.25, -0.2) is 9.97 Å². The van der Waals surface area contributed by atoms with E-state index in [1.165, 1.54) is 12.1 Å². The Morgan fingerprint density at radius 3 is 2.44 bits per heavy atom. The Bertz CT molecular complexity index is 916. The molecule has 0 atom stereocenters. The van der Waals surface area contributed by atoms with Crippen molar-refractivity contribution in [3.05, 3.63) is 66.1 Å². The van der Waals surface area contributed by atoms with Gasteiger partial charge >= 0.3 is 6.36 Å². The number of anilines is 1. The maximum Gasteiger partial charge on any atom is 0.573 e. The molecule has 0 saturated heterocycles. The zero-order chi connectivity index (χ0) is 19.4. The van der Waals surface area contributed by atoms with E-state index in [1.54, 1.807) is 54.7 Å². The molecule has 5 nitrogen and oxygen atoms in total. The zero-order valence-corrected chi connectivity index (χ0v) is 14.7. The Kier molecular flexibility index (Phi) is 5.25. The molecule has 0 aliphatic heterocycles. The van der Waals surface area contributed by atoms with Crippen molar-refractivity contribution in [3.8, 4) is 17.1 Å². The first-order valence-electron chi connectivity index (χ1n) is 8.13. The van der Waals surface area contributed by atoms with E-state index in [9.17, 15) is 13.2 Å². The Morgan fingerprint density at radius 1 is 1.04 bits per heavy atom. The maximum atomic E-state index is 12.6. The van der Waals surface area contributed by atoms with Crippen LogP contribution in [-0.4, -0.2) is 28.4 Å². The van der Waals surface area contributed by atoms with Gasteiger partial charge in [0.1, 0.15) is 11.6 Å². The molecule has 1 aromatic carbocycles. The quantitative estimate of drug-likeness (QED) is 0.663. The Morgan fingerprint density at radius 2 is 1.74 bits per heavy atom. The van der Waals surface area contributed by atoms with Gasteiger partial charge < -0.3 is 9.64 Å². The van der Waals surface area contributed by atoms with Crippen LogP contribution < -0.4 is 9.64 Å². The van der Waals surface area contributed by atoms with Gasteiger partial charge in [-0.1, -0.05) is 18.2 Å². The number of hydrogen-bond acceptors (Lipinski definition) is 5. The summed E-state index contributed by atoms with van der Waals surface area (Å²) < 4.78 is 42.0. The van der Waals surface area contributed by atoms with Gasteiger partial charge in [0.05, 0.1) is 0 Å². The number of benzene rings is 1. The molecule has 2 aromatic heterocycles. The van der Waals surface area contributed by atoms with Crippen LogP contribution in [0.2, 0.25) is 0 Å².